The Labute approximate surface area is 367 Å². The van der Waals surface area contributed by atoms with E-state index in [1.807, 2.05) is 18.3 Å². The molecule has 0 aliphatic rings. The van der Waals surface area contributed by atoms with Gasteiger partial charge in [-0.25, -0.2) is 9.97 Å². The third-order valence-electron chi connectivity index (χ3n) is 12.5. The number of fused-ring (bicyclic) bond motifs is 10. The molecule has 13 aromatic rings. The summed E-state index contributed by atoms with van der Waals surface area (Å²) >= 11 is 0. The van der Waals surface area contributed by atoms with Crippen molar-refractivity contribution >= 4 is 65.4 Å². The van der Waals surface area contributed by atoms with Crippen LogP contribution >= 0.6 is 0 Å². The number of rotatable bonds is 6. The van der Waals surface area contributed by atoms with E-state index in [4.69, 9.17) is 18.8 Å². The summed E-state index contributed by atoms with van der Waals surface area (Å²) in [5.41, 5.74) is 14.4. The molecule has 0 amide bonds. The standard InChI is InChI=1S/C59H35N3O2/c1-2-12-38(13-3-1)51-34-52(42-15-8-14-39(28-42)43-16-9-27-60-35-43)62-59(61-51)46-30-44(40-21-23-53-49(32-40)57-47-17-6-4-10-36(47)19-25-55(57)63-53)29-45(31-46)41-22-24-54-50(33-41)58-48-18-7-5-11-37(48)20-26-56(58)64-54/h1-35H. The van der Waals surface area contributed by atoms with Crippen LogP contribution in [0.15, 0.2) is 221 Å². The van der Waals surface area contributed by atoms with Crippen LogP contribution in [0.5, 0.6) is 0 Å². The van der Waals surface area contributed by atoms with Gasteiger partial charge in [-0.15, -0.1) is 0 Å². The lowest BCUT2D eigenvalue weighted by molar-refractivity contribution is 0.669. The largest absolute Gasteiger partial charge is 0.456 e. The Kier molecular flexibility index (Phi) is 8.15. The van der Waals surface area contributed by atoms with Crippen LogP contribution < -0.4 is 0 Å². The molecule has 0 saturated heterocycles. The minimum absolute atomic E-state index is 0.632. The summed E-state index contributed by atoms with van der Waals surface area (Å²) in [5.74, 6) is 0.632. The molecule has 0 saturated carbocycles. The third-order valence-corrected chi connectivity index (χ3v) is 12.5. The molecule has 13 rings (SSSR count). The van der Waals surface area contributed by atoms with Crippen molar-refractivity contribution in [3.8, 4) is 67.3 Å². The number of furan rings is 2. The molecule has 4 aromatic heterocycles. The molecule has 64 heavy (non-hydrogen) atoms. The van der Waals surface area contributed by atoms with E-state index in [-0.39, 0.29) is 0 Å². The van der Waals surface area contributed by atoms with Gasteiger partial charge in [0.25, 0.3) is 0 Å². The molecular weight excluding hydrogens is 783 g/mol. The monoisotopic (exact) mass is 817 g/mol. The van der Waals surface area contributed by atoms with Crippen molar-refractivity contribution in [2.24, 2.45) is 0 Å². The summed E-state index contributed by atoms with van der Waals surface area (Å²) in [4.78, 5) is 15.1. The number of nitrogens with zero attached hydrogens (tertiary/aromatic N) is 3. The van der Waals surface area contributed by atoms with Gasteiger partial charge < -0.3 is 8.83 Å². The molecule has 0 bridgehead atoms. The maximum atomic E-state index is 6.45. The van der Waals surface area contributed by atoms with Gasteiger partial charge in [-0.1, -0.05) is 127 Å². The second-order valence-electron chi connectivity index (χ2n) is 16.4. The Morgan fingerprint density at radius 3 is 1.42 bits per heavy atom. The summed E-state index contributed by atoms with van der Waals surface area (Å²) in [7, 11) is 0. The second kappa shape index (κ2) is 14.5. The zero-order valence-electron chi connectivity index (χ0n) is 34.4. The first-order chi connectivity index (χ1) is 31.7. The van der Waals surface area contributed by atoms with Crippen LogP contribution in [0.25, 0.3) is 133 Å². The highest BCUT2D eigenvalue weighted by Crippen LogP contribution is 2.41. The van der Waals surface area contributed by atoms with E-state index in [0.717, 1.165) is 105 Å². The van der Waals surface area contributed by atoms with Gasteiger partial charge in [0.1, 0.15) is 22.3 Å². The van der Waals surface area contributed by atoms with Gasteiger partial charge in [-0.05, 0) is 122 Å². The first-order valence-electron chi connectivity index (χ1n) is 21.5. The molecule has 5 heteroatoms. The highest BCUT2D eigenvalue weighted by atomic mass is 16.3. The summed E-state index contributed by atoms with van der Waals surface area (Å²) in [6.45, 7) is 0. The minimum Gasteiger partial charge on any atom is -0.456 e. The Morgan fingerprint density at radius 1 is 0.297 bits per heavy atom. The van der Waals surface area contributed by atoms with Gasteiger partial charge in [-0.3, -0.25) is 4.98 Å². The summed E-state index contributed by atoms with van der Waals surface area (Å²) in [5, 5.41) is 9.09. The Hall–Kier alpha value is -8.67. The van der Waals surface area contributed by atoms with Crippen LogP contribution in [0.1, 0.15) is 0 Å². The molecule has 9 aromatic carbocycles. The van der Waals surface area contributed by atoms with Crippen molar-refractivity contribution in [2.75, 3.05) is 0 Å². The molecular formula is C59H35N3O2. The number of aromatic nitrogens is 3. The van der Waals surface area contributed by atoms with E-state index in [9.17, 15) is 0 Å². The average molecular weight is 818 g/mol. The molecule has 0 aliphatic carbocycles. The maximum Gasteiger partial charge on any atom is 0.160 e. The third kappa shape index (κ3) is 6.05. The number of pyridine rings is 1. The Bertz CT molecular complexity index is 3790. The van der Waals surface area contributed by atoms with Gasteiger partial charge in [-0.2, -0.15) is 0 Å². The van der Waals surface area contributed by atoms with Crippen LogP contribution in [-0.2, 0) is 0 Å². The second-order valence-corrected chi connectivity index (χ2v) is 16.4. The Morgan fingerprint density at radius 2 is 0.797 bits per heavy atom. The predicted octanol–water partition coefficient (Wildman–Crippen LogP) is 16.0. The molecule has 0 radical (unpaired) electrons. The molecule has 298 valence electrons. The van der Waals surface area contributed by atoms with Crippen molar-refractivity contribution in [2.45, 2.75) is 0 Å². The van der Waals surface area contributed by atoms with Gasteiger partial charge in [0.05, 0.1) is 11.4 Å². The predicted molar refractivity (Wildman–Crippen MR) is 262 cm³/mol. The van der Waals surface area contributed by atoms with E-state index in [1.165, 1.54) is 21.5 Å². The van der Waals surface area contributed by atoms with E-state index in [1.54, 1.807) is 6.20 Å². The van der Waals surface area contributed by atoms with Crippen molar-refractivity contribution in [1.82, 2.24) is 15.0 Å². The molecule has 5 nitrogen and oxygen atoms in total. The van der Waals surface area contributed by atoms with Crippen molar-refractivity contribution in [3.63, 3.8) is 0 Å². The van der Waals surface area contributed by atoms with Crippen LogP contribution in [0.3, 0.4) is 0 Å². The fraction of sp³-hybridized carbons (Fsp3) is 0. The van der Waals surface area contributed by atoms with Crippen molar-refractivity contribution < 1.29 is 8.83 Å². The first kappa shape index (κ1) is 36.0. The van der Waals surface area contributed by atoms with Crippen molar-refractivity contribution in [1.29, 1.82) is 0 Å². The van der Waals surface area contributed by atoms with Gasteiger partial charge in [0.2, 0.25) is 0 Å². The fourth-order valence-electron chi connectivity index (χ4n) is 9.42. The minimum atomic E-state index is 0.632. The van der Waals surface area contributed by atoms with E-state index < -0.39 is 0 Å². The maximum absolute atomic E-state index is 6.45. The average Bonchev–Trinajstić information content (AvgIpc) is 3.95. The van der Waals surface area contributed by atoms with Crippen molar-refractivity contribution in [3.05, 3.63) is 213 Å². The Balaban J connectivity index is 1.05. The molecule has 0 N–H and O–H groups in total. The first-order valence-corrected chi connectivity index (χ1v) is 21.5. The highest BCUT2D eigenvalue weighted by molar-refractivity contribution is 6.20. The molecule has 0 aliphatic heterocycles. The van der Waals surface area contributed by atoms with E-state index in [2.05, 4.69) is 193 Å². The highest BCUT2D eigenvalue weighted by Gasteiger charge is 2.18. The van der Waals surface area contributed by atoms with Crippen LogP contribution in [-0.4, -0.2) is 15.0 Å². The fourth-order valence-corrected chi connectivity index (χ4v) is 9.42. The molecule has 0 atom stereocenters. The van der Waals surface area contributed by atoms with Gasteiger partial charge in [0.15, 0.2) is 5.82 Å². The summed E-state index contributed by atoms with van der Waals surface area (Å²) < 4.78 is 12.9. The van der Waals surface area contributed by atoms with Gasteiger partial charge >= 0.3 is 0 Å². The summed E-state index contributed by atoms with van der Waals surface area (Å²) in [6.07, 6.45) is 3.69. The SMILES string of the molecule is c1ccc(-c2cc(-c3cccc(-c4cccnc4)c3)nc(-c3cc(-c4ccc5oc6ccc7ccccc7c6c5c4)cc(-c4ccc5oc6ccc7ccccc7c6c5c4)c3)n2)cc1. The topological polar surface area (TPSA) is 65.0 Å². The molecule has 4 heterocycles. The molecule has 0 fully saturated rings. The normalized spacial score (nSPS) is 11.8. The zero-order chi connectivity index (χ0) is 42.1. The zero-order valence-corrected chi connectivity index (χ0v) is 34.4. The lowest BCUT2D eigenvalue weighted by Crippen LogP contribution is -1.97. The van der Waals surface area contributed by atoms with Crippen LogP contribution in [0.4, 0.5) is 0 Å². The van der Waals surface area contributed by atoms with E-state index in [0.29, 0.717) is 5.82 Å². The quantitative estimate of drug-likeness (QED) is 0.167. The summed E-state index contributed by atoms with van der Waals surface area (Å²) in [6, 6.07) is 70.2. The lowest BCUT2D eigenvalue weighted by atomic mass is 9.93. The lowest BCUT2D eigenvalue weighted by Gasteiger charge is -2.14. The molecule has 0 unspecified atom stereocenters. The van der Waals surface area contributed by atoms with E-state index >= 15 is 0 Å². The number of benzene rings is 9. The van der Waals surface area contributed by atoms with Crippen LogP contribution in [0, 0.1) is 0 Å². The molecule has 0 spiro atoms. The smallest absolute Gasteiger partial charge is 0.160 e. The number of hydrogen-bond acceptors (Lipinski definition) is 5. The number of hydrogen-bond donors (Lipinski definition) is 0. The van der Waals surface area contributed by atoms with Crippen LogP contribution in [0.2, 0.25) is 0 Å². The van der Waals surface area contributed by atoms with Gasteiger partial charge in [0, 0.05) is 56.2 Å².